The maximum atomic E-state index is 13.1. The van der Waals surface area contributed by atoms with Gasteiger partial charge in [-0.15, -0.1) is 0 Å². The number of nitrogens with one attached hydrogen (secondary N) is 2. The second kappa shape index (κ2) is 32.1. The van der Waals surface area contributed by atoms with E-state index >= 15 is 0 Å². The van der Waals surface area contributed by atoms with Crippen LogP contribution < -0.4 is 47.3 Å². The monoisotopic (exact) mass is 1230 g/mol. The van der Waals surface area contributed by atoms with Gasteiger partial charge in [-0.3, -0.25) is 14.4 Å². The molecule has 20 nitrogen and oxygen atoms in total. The number of aliphatic hydroxyl groups excluding tert-OH is 1. The van der Waals surface area contributed by atoms with Gasteiger partial charge in [0.05, 0.1) is 55.0 Å². The van der Waals surface area contributed by atoms with Crippen molar-refractivity contribution < 1.29 is 19.3 Å². The first kappa shape index (κ1) is 64.9. The number of nitriles is 1. The molecule has 20 heteroatoms. The summed E-state index contributed by atoms with van der Waals surface area (Å²) in [6, 6.07) is 52.8. The Morgan fingerprint density at radius 2 is 0.793 bits per heavy atom. The highest BCUT2D eigenvalue weighted by atomic mass is 16.5. The van der Waals surface area contributed by atoms with Gasteiger partial charge >= 0.3 is 0 Å². The van der Waals surface area contributed by atoms with Crippen molar-refractivity contribution >= 4 is 61.8 Å². The van der Waals surface area contributed by atoms with E-state index in [1.807, 2.05) is 166 Å². The first-order chi connectivity index (χ1) is 44.9. The van der Waals surface area contributed by atoms with Crippen molar-refractivity contribution in [3.05, 3.63) is 238 Å². The van der Waals surface area contributed by atoms with Gasteiger partial charge in [0, 0.05) is 83.2 Å². The van der Waals surface area contributed by atoms with Gasteiger partial charge in [-0.05, 0) is 111 Å². The number of aromatic nitrogens is 9. The molecular formula is C72H71N13O7. The molecule has 0 saturated heterocycles. The van der Waals surface area contributed by atoms with Gasteiger partial charge in [-0.25, -0.2) is 29.9 Å². The van der Waals surface area contributed by atoms with Crippen molar-refractivity contribution in [1.29, 1.82) is 5.26 Å². The van der Waals surface area contributed by atoms with Gasteiger partial charge in [0.25, 0.3) is 16.7 Å². The zero-order chi connectivity index (χ0) is 64.8. The topological polar surface area (TPSA) is 265 Å². The summed E-state index contributed by atoms with van der Waals surface area (Å²) in [6.07, 6.45) is 12.0. The van der Waals surface area contributed by atoms with Crippen molar-refractivity contribution in [2.45, 2.75) is 67.1 Å². The molecule has 0 bridgehead atoms. The lowest BCUT2D eigenvalue weighted by molar-refractivity contribution is 0.201. The molecular weight excluding hydrogens is 1160 g/mol. The smallest absolute Gasteiger partial charge is 0.258 e. The summed E-state index contributed by atoms with van der Waals surface area (Å²) in [5.74, 6) is 5.10. The van der Waals surface area contributed by atoms with E-state index < -0.39 is 0 Å². The molecule has 0 spiro atoms. The van der Waals surface area contributed by atoms with Crippen LogP contribution in [0.4, 0.5) is 29.1 Å². The minimum atomic E-state index is -0.0497. The Balaban J connectivity index is 0.000000152. The Morgan fingerprint density at radius 3 is 1.13 bits per heavy atom. The molecule has 0 saturated carbocycles. The summed E-state index contributed by atoms with van der Waals surface area (Å²) in [5.41, 5.74) is 12.7. The van der Waals surface area contributed by atoms with E-state index in [0.29, 0.717) is 83.5 Å². The molecule has 466 valence electrons. The first-order valence-corrected chi connectivity index (χ1v) is 30.3. The lowest BCUT2D eigenvalue weighted by atomic mass is 10.1. The van der Waals surface area contributed by atoms with E-state index in [1.54, 1.807) is 75.1 Å². The van der Waals surface area contributed by atoms with Gasteiger partial charge in [-0.1, -0.05) is 105 Å². The number of anilines is 5. The predicted molar refractivity (Wildman–Crippen MR) is 364 cm³/mol. The van der Waals surface area contributed by atoms with Crippen LogP contribution in [0, 0.1) is 11.3 Å². The number of hydrogen-bond donors (Lipinski definition) is 4. The molecule has 12 aromatic rings. The second-order valence-corrected chi connectivity index (χ2v) is 20.6. The molecule has 0 atom stereocenters. The van der Waals surface area contributed by atoms with Crippen LogP contribution in [0.3, 0.4) is 0 Å². The Labute approximate surface area is 531 Å². The number of aliphatic hydroxyl groups is 1. The first-order valence-electron chi connectivity index (χ1n) is 30.3. The highest BCUT2D eigenvalue weighted by Crippen LogP contribution is 2.27. The predicted octanol–water partition coefficient (Wildman–Crippen LogP) is 13.0. The second-order valence-electron chi connectivity index (χ2n) is 20.6. The van der Waals surface area contributed by atoms with Gasteiger partial charge < -0.3 is 49.4 Å². The molecule has 12 rings (SSSR count). The number of rotatable bonds is 19. The number of aryl methyl sites for hydroxylation is 3. The Bertz CT molecular complexity index is 4430. The molecule has 5 N–H and O–H groups in total. The van der Waals surface area contributed by atoms with Crippen LogP contribution in [-0.2, 0) is 19.6 Å². The number of fused-ring (bicyclic) bond motifs is 3. The zero-order valence-electron chi connectivity index (χ0n) is 51.9. The maximum Gasteiger partial charge on any atom is 0.258 e. The molecule has 0 radical (unpaired) electrons. The maximum absolute atomic E-state index is 13.1. The van der Waals surface area contributed by atoms with E-state index in [2.05, 4.69) is 54.4 Å². The number of nitrogens with zero attached hydrogens (tertiary/aromatic N) is 10. The van der Waals surface area contributed by atoms with Crippen LogP contribution >= 0.6 is 0 Å². The number of nitrogen functional groups attached to an aromatic ring is 1. The fraction of sp³-hybridized carbons (Fsp3) is 0.194. The van der Waals surface area contributed by atoms with Crippen LogP contribution in [0.2, 0.25) is 0 Å². The van der Waals surface area contributed by atoms with Crippen molar-refractivity contribution in [1.82, 2.24) is 43.6 Å². The van der Waals surface area contributed by atoms with Gasteiger partial charge in [0.1, 0.15) is 64.7 Å². The molecule has 0 unspecified atom stereocenters. The van der Waals surface area contributed by atoms with Crippen molar-refractivity contribution in [2.75, 3.05) is 42.8 Å². The summed E-state index contributed by atoms with van der Waals surface area (Å²) >= 11 is 0. The van der Waals surface area contributed by atoms with E-state index in [-0.39, 0.29) is 29.9 Å². The molecule has 0 aliphatic carbocycles. The standard InChI is InChI=1S/C24H24N4O2.C23H22N4O3.C17H13N3O.C8H12N2O/c1-3-12-30-19-10-11-22(26-16-19)27-23-14-21-18(15-25-23)13-20(24(29)28(21)4-2)17-8-6-5-7-9-17;1-2-27-20-13-22(26-21-9-8-18(15-25-21)30-11-10-28)24-14-17(20)12-19(23(27)29)16-6-4-3-5-7-16;1-2-20-16-9-14(10-18)19-11-13(16)8-15(17(20)21)12-6-4-3-5-7-12;1-2-5-11-7-3-4-8(9)10-6-7/h5-11,13-16H,3-4,12H2,1-2H3,(H,25,26,27);3-9,12-15,28H,2,10-11H2,1H3,(H,24,25,26);3-9,11H,2H2,1H3;3-4,6H,2,5H2,1H3,(H2,9,10). The van der Waals surface area contributed by atoms with Gasteiger partial charge in [-0.2, -0.15) is 5.26 Å². The number of pyridine rings is 9. The number of benzene rings is 3. The minimum absolute atomic E-state index is 0.0103. The average molecular weight is 1230 g/mol. The quantitative estimate of drug-likeness (QED) is 0.0586. The normalized spacial score (nSPS) is 10.6. The molecule has 0 aliphatic rings. The Morgan fingerprint density at radius 1 is 0.435 bits per heavy atom. The Hall–Kier alpha value is -11.6. The minimum Gasteiger partial charge on any atom is -0.492 e. The van der Waals surface area contributed by atoms with Gasteiger partial charge in [0.2, 0.25) is 0 Å². The summed E-state index contributed by atoms with van der Waals surface area (Å²) in [5, 5.41) is 26.8. The molecule has 92 heavy (non-hydrogen) atoms. The molecule has 0 aliphatic heterocycles. The van der Waals surface area contributed by atoms with Crippen molar-refractivity contribution in [3.8, 4) is 56.7 Å². The molecule has 9 aromatic heterocycles. The highest BCUT2D eigenvalue weighted by Gasteiger charge is 2.15. The van der Waals surface area contributed by atoms with Gasteiger partial charge in [0.15, 0.2) is 0 Å². The van der Waals surface area contributed by atoms with Crippen LogP contribution in [-0.4, -0.2) is 75.1 Å². The van der Waals surface area contributed by atoms with E-state index in [0.717, 1.165) is 80.3 Å². The average Bonchev–Trinajstić information content (AvgIpc) is 0.849. The third-order valence-corrected chi connectivity index (χ3v) is 14.3. The summed E-state index contributed by atoms with van der Waals surface area (Å²) in [4.78, 5) is 64.5. The molecule has 0 amide bonds. The fourth-order valence-electron chi connectivity index (χ4n) is 9.85. The van der Waals surface area contributed by atoms with E-state index in [9.17, 15) is 14.4 Å². The number of hydrogen-bond acceptors (Lipinski definition) is 17. The van der Waals surface area contributed by atoms with Crippen LogP contribution in [0.1, 0.15) is 53.2 Å². The third-order valence-electron chi connectivity index (χ3n) is 14.3. The number of ether oxygens (including phenoxy) is 3. The van der Waals surface area contributed by atoms with Crippen molar-refractivity contribution in [3.63, 3.8) is 0 Å². The van der Waals surface area contributed by atoms with Crippen LogP contribution in [0.25, 0.3) is 66.1 Å². The number of nitrogens with two attached hydrogens (primary N) is 1. The fourth-order valence-corrected chi connectivity index (χ4v) is 9.85. The van der Waals surface area contributed by atoms with E-state index in [1.165, 1.54) is 0 Å². The van der Waals surface area contributed by atoms with Crippen molar-refractivity contribution in [2.24, 2.45) is 0 Å². The SMILES string of the molecule is CCCOc1ccc(N)nc1.CCCOc1ccc(Nc2cc3c(cn2)cc(-c2ccccc2)c(=O)n3CC)nc1.CCn1c(=O)c(-c2ccccc2)cc2cnc(C#N)cc21.CCn1c(=O)c(-c2ccccc2)cc2cnc(Nc3ccc(OCCO)cn3)cc21. The summed E-state index contributed by atoms with van der Waals surface area (Å²) in [6.45, 7) is 13.2. The largest absolute Gasteiger partial charge is 0.492 e. The third kappa shape index (κ3) is 16.4. The van der Waals surface area contributed by atoms with E-state index in [4.69, 9.17) is 30.3 Å². The molecule has 9 heterocycles. The van der Waals surface area contributed by atoms with Crippen LogP contribution in [0.15, 0.2) is 215 Å². The lowest BCUT2D eigenvalue weighted by Crippen LogP contribution is -2.21. The zero-order valence-corrected chi connectivity index (χ0v) is 51.9. The highest BCUT2D eigenvalue weighted by molar-refractivity contribution is 5.87. The Kier molecular flexibility index (Phi) is 22.6. The summed E-state index contributed by atoms with van der Waals surface area (Å²) in [7, 11) is 0. The van der Waals surface area contributed by atoms with Crippen LogP contribution in [0.5, 0.6) is 17.2 Å². The summed E-state index contributed by atoms with van der Waals surface area (Å²) < 4.78 is 21.4. The molecule has 0 fully saturated rings. The lowest BCUT2D eigenvalue weighted by Gasteiger charge is -2.13. The molecule has 3 aromatic carbocycles.